The van der Waals surface area contributed by atoms with Gasteiger partial charge in [-0.15, -0.1) is 0 Å². The topological polar surface area (TPSA) is 12.0 Å². The van der Waals surface area contributed by atoms with Crippen molar-refractivity contribution in [2.45, 2.75) is 19.9 Å². The molecule has 0 aromatic heterocycles. The maximum absolute atomic E-state index is 5.25. The van der Waals surface area contributed by atoms with E-state index in [4.69, 9.17) is 12.2 Å². The summed E-state index contributed by atoms with van der Waals surface area (Å²) in [5.74, 6) is 0. The van der Waals surface area contributed by atoms with Crippen LogP contribution in [0.15, 0.2) is 42.6 Å². The van der Waals surface area contributed by atoms with Crippen molar-refractivity contribution in [1.82, 2.24) is 5.32 Å². The molecule has 2 heteroatoms. The second-order valence-electron chi connectivity index (χ2n) is 3.38. The number of hydrogen-bond acceptors (Lipinski definition) is 2. The van der Waals surface area contributed by atoms with Gasteiger partial charge in [-0.3, -0.25) is 0 Å². The zero-order chi connectivity index (χ0) is 10.4. The largest absolute Gasteiger partial charge is 0.389 e. The molecule has 0 bridgehead atoms. The van der Waals surface area contributed by atoms with Gasteiger partial charge in [0.1, 0.15) is 0 Å². The highest BCUT2D eigenvalue weighted by atomic mass is 32.1. The highest BCUT2D eigenvalue weighted by molar-refractivity contribution is 7.81. The Morgan fingerprint density at radius 3 is 2.50 bits per heavy atom. The van der Waals surface area contributed by atoms with Crippen LogP contribution in [0.5, 0.6) is 0 Å². The van der Waals surface area contributed by atoms with E-state index in [1.165, 1.54) is 0 Å². The Labute approximate surface area is 90.8 Å². The van der Waals surface area contributed by atoms with Gasteiger partial charge in [0.05, 0.1) is 0 Å². The first-order valence-corrected chi connectivity index (χ1v) is 5.13. The van der Waals surface area contributed by atoms with E-state index in [1.807, 2.05) is 42.6 Å². The highest BCUT2D eigenvalue weighted by Gasteiger charge is 1.94. The third-order valence-corrected chi connectivity index (χ3v) is 2.09. The second-order valence-corrected chi connectivity index (χ2v) is 3.82. The van der Waals surface area contributed by atoms with E-state index in [9.17, 15) is 0 Å². The Kier molecular flexibility index (Phi) is 4.33. The van der Waals surface area contributed by atoms with Gasteiger partial charge in [-0.2, -0.15) is 0 Å². The van der Waals surface area contributed by atoms with Crippen molar-refractivity contribution >= 4 is 17.1 Å². The van der Waals surface area contributed by atoms with E-state index in [0.29, 0.717) is 6.04 Å². The Hall–Kier alpha value is -1.15. The van der Waals surface area contributed by atoms with Gasteiger partial charge in [0.25, 0.3) is 0 Å². The van der Waals surface area contributed by atoms with Crippen LogP contribution in [0.3, 0.4) is 0 Å². The Balaban J connectivity index is 2.55. The Morgan fingerprint density at radius 2 is 1.93 bits per heavy atom. The fourth-order valence-corrected chi connectivity index (χ4v) is 1.22. The average Bonchev–Trinajstić information content (AvgIpc) is 2.18. The fraction of sp³-hybridized carbons (Fsp3) is 0.250. The molecule has 0 radical (unpaired) electrons. The van der Waals surface area contributed by atoms with E-state index in [1.54, 1.807) is 0 Å². The molecule has 14 heavy (non-hydrogen) atoms. The second kappa shape index (κ2) is 5.55. The van der Waals surface area contributed by atoms with Crippen LogP contribution in [0.4, 0.5) is 0 Å². The third-order valence-electron chi connectivity index (χ3n) is 1.72. The van der Waals surface area contributed by atoms with Crippen molar-refractivity contribution in [3.63, 3.8) is 0 Å². The summed E-state index contributed by atoms with van der Waals surface area (Å²) in [7, 11) is 0. The minimum atomic E-state index is 0.449. The molecule has 74 valence electrons. The maximum atomic E-state index is 5.25. The van der Waals surface area contributed by atoms with Gasteiger partial charge in [0.15, 0.2) is 0 Å². The van der Waals surface area contributed by atoms with Crippen molar-refractivity contribution in [3.8, 4) is 0 Å². The number of benzene rings is 1. The monoisotopic (exact) mass is 205 g/mol. The molecule has 1 aromatic rings. The van der Waals surface area contributed by atoms with Crippen LogP contribution in [0.25, 0.3) is 0 Å². The number of allylic oxidation sites excluding steroid dienone is 1. The molecular formula is C12H15NS. The average molecular weight is 205 g/mol. The molecule has 0 aliphatic heterocycles. The summed E-state index contributed by atoms with van der Waals surface area (Å²) in [5, 5.41) is 3.18. The molecular weight excluding hydrogens is 190 g/mol. The van der Waals surface area contributed by atoms with Gasteiger partial charge >= 0.3 is 0 Å². The lowest BCUT2D eigenvalue weighted by Crippen LogP contribution is -2.15. The van der Waals surface area contributed by atoms with Gasteiger partial charge in [0, 0.05) is 10.9 Å². The minimum Gasteiger partial charge on any atom is -0.389 e. The lowest BCUT2D eigenvalue weighted by molar-refractivity contribution is 0.703. The molecule has 0 spiro atoms. The molecule has 1 nitrogen and oxygen atoms in total. The number of rotatable bonds is 4. The quantitative estimate of drug-likeness (QED) is 0.461. The van der Waals surface area contributed by atoms with Crippen molar-refractivity contribution in [1.29, 1.82) is 0 Å². The molecule has 0 saturated carbocycles. The molecule has 1 N–H and O–H groups in total. The summed E-state index contributed by atoms with van der Waals surface area (Å²) < 4.78 is 0. The van der Waals surface area contributed by atoms with Crippen molar-refractivity contribution < 1.29 is 0 Å². The maximum Gasteiger partial charge on any atom is 0.0463 e. The third kappa shape index (κ3) is 3.71. The van der Waals surface area contributed by atoms with Crippen LogP contribution in [0.1, 0.15) is 19.4 Å². The van der Waals surface area contributed by atoms with Crippen LogP contribution in [0.2, 0.25) is 0 Å². The molecule has 0 atom stereocenters. The number of thiocarbonyl (C=S) groups is 1. The molecule has 0 heterocycles. The van der Waals surface area contributed by atoms with E-state index < -0.39 is 0 Å². The van der Waals surface area contributed by atoms with Gasteiger partial charge < -0.3 is 5.32 Å². The van der Waals surface area contributed by atoms with Crippen molar-refractivity contribution in [2.75, 3.05) is 0 Å². The van der Waals surface area contributed by atoms with Crippen LogP contribution in [-0.4, -0.2) is 10.9 Å². The van der Waals surface area contributed by atoms with Gasteiger partial charge in [-0.25, -0.2) is 0 Å². The Morgan fingerprint density at radius 1 is 1.29 bits per heavy atom. The standard InChI is InChI=1S/C12H15NS/c1-10(2)13-9-8-12(14)11-6-4-3-5-7-11/h3-10,13H,1-2H3. The smallest absolute Gasteiger partial charge is 0.0463 e. The summed E-state index contributed by atoms with van der Waals surface area (Å²) >= 11 is 5.25. The summed E-state index contributed by atoms with van der Waals surface area (Å²) in [6.07, 6.45) is 3.82. The summed E-state index contributed by atoms with van der Waals surface area (Å²) in [4.78, 5) is 0.860. The van der Waals surface area contributed by atoms with Crippen LogP contribution in [0, 0.1) is 0 Å². The van der Waals surface area contributed by atoms with Gasteiger partial charge in [-0.1, -0.05) is 42.5 Å². The zero-order valence-corrected chi connectivity index (χ0v) is 9.34. The van der Waals surface area contributed by atoms with Crippen molar-refractivity contribution in [2.24, 2.45) is 0 Å². The molecule has 0 fully saturated rings. The molecule has 0 aliphatic carbocycles. The van der Waals surface area contributed by atoms with E-state index >= 15 is 0 Å². The number of nitrogens with one attached hydrogen (secondary N) is 1. The normalized spacial score (nSPS) is 10.8. The fourth-order valence-electron chi connectivity index (χ4n) is 1.01. The number of hydrogen-bond donors (Lipinski definition) is 1. The molecule has 0 saturated heterocycles. The van der Waals surface area contributed by atoms with Crippen molar-refractivity contribution in [3.05, 3.63) is 48.2 Å². The molecule has 1 rings (SSSR count). The van der Waals surface area contributed by atoms with Gasteiger partial charge in [-0.05, 0) is 31.7 Å². The SMILES string of the molecule is CC(C)NC=CC(=S)c1ccccc1. The summed E-state index contributed by atoms with van der Waals surface area (Å²) in [5.41, 5.74) is 1.09. The first kappa shape index (κ1) is 10.9. The highest BCUT2D eigenvalue weighted by Crippen LogP contribution is 2.01. The molecule has 0 unspecified atom stereocenters. The summed E-state index contributed by atoms with van der Waals surface area (Å²) in [6.45, 7) is 4.19. The van der Waals surface area contributed by atoms with Crippen LogP contribution >= 0.6 is 12.2 Å². The zero-order valence-electron chi connectivity index (χ0n) is 8.53. The van der Waals surface area contributed by atoms with Crippen LogP contribution in [-0.2, 0) is 0 Å². The van der Waals surface area contributed by atoms with E-state index in [2.05, 4.69) is 19.2 Å². The Bertz CT molecular complexity index is 314. The predicted octanol–water partition coefficient (Wildman–Crippen LogP) is 2.92. The molecule has 0 amide bonds. The molecule has 1 aromatic carbocycles. The first-order chi connectivity index (χ1) is 6.70. The first-order valence-electron chi connectivity index (χ1n) is 4.72. The lowest BCUT2D eigenvalue weighted by atomic mass is 10.1. The van der Waals surface area contributed by atoms with E-state index in [0.717, 1.165) is 10.4 Å². The predicted molar refractivity (Wildman–Crippen MR) is 65.6 cm³/mol. The van der Waals surface area contributed by atoms with E-state index in [-0.39, 0.29) is 0 Å². The van der Waals surface area contributed by atoms with Crippen LogP contribution < -0.4 is 5.32 Å². The van der Waals surface area contributed by atoms with Gasteiger partial charge in [0.2, 0.25) is 0 Å². The summed E-state index contributed by atoms with van der Waals surface area (Å²) in [6, 6.07) is 10.5. The minimum absolute atomic E-state index is 0.449. The lowest BCUT2D eigenvalue weighted by Gasteiger charge is -2.03. The molecule has 0 aliphatic rings.